The summed E-state index contributed by atoms with van der Waals surface area (Å²) in [5.74, 6) is 1.79. The van der Waals surface area contributed by atoms with Crippen molar-refractivity contribution in [1.29, 1.82) is 0 Å². The molecule has 1 saturated heterocycles. The number of piperidine rings is 1. The topological polar surface area (TPSA) is 50.4 Å². The number of nitrogens with one attached hydrogen (secondary N) is 2. The van der Waals surface area contributed by atoms with Gasteiger partial charge < -0.3 is 15.4 Å². The molecule has 1 aromatic carbocycles. The minimum Gasteiger partial charge on any atom is -0.493 e. The van der Waals surface area contributed by atoms with Gasteiger partial charge in [0.25, 0.3) is 0 Å². The van der Waals surface area contributed by atoms with Crippen molar-refractivity contribution in [2.75, 3.05) is 19.7 Å². The van der Waals surface area contributed by atoms with E-state index >= 15 is 0 Å². The van der Waals surface area contributed by atoms with Crippen molar-refractivity contribution in [3.63, 3.8) is 0 Å². The molecule has 122 valence electrons. The van der Waals surface area contributed by atoms with Crippen molar-refractivity contribution in [3.8, 4) is 5.75 Å². The predicted octanol–water partition coefficient (Wildman–Crippen LogP) is 2.83. The largest absolute Gasteiger partial charge is 0.493 e. The molecule has 2 N–H and O–H groups in total. The van der Waals surface area contributed by atoms with Crippen LogP contribution in [-0.4, -0.2) is 25.6 Å². The number of hydrogen-bond acceptors (Lipinski definition) is 3. The molecule has 1 unspecified atom stereocenters. The quantitative estimate of drug-likeness (QED) is 0.895. The highest BCUT2D eigenvalue weighted by Gasteiger charge is 2.23. The lowest BCUT2D eigenvalue weighted by Crippen LogP contribution is -2.33. The fourth-order valence-corrected chi connectivity index (χ4v) is 3.26. The van der Waals surface area contributed by atoms with Gasteiger partial charge in [0.2, 0.25) is 5.91 Å². The maximum Gasteiger partial charge on any atom is 0.220 e. The van der Waals surface area contributed by atoms with Gasteiger partial charge in [-0.05, 0) is 44.3 Å². The van der Waals surface area contributed by atoms with Gasteiger partial charge in [-0.1, -0.05) is 18.2 Å². The molecule has 22 heavy (non-hydrogen) atoms. The standard InChI is InChI=1S/C17H24N2O2.ClH/c20-17(6-5-13-7-10-18-11-8-13)19-15-9-12-21-16-4-2-1-3-14(15)16;/h1-4,13,15,18H,5-12H2,(H,19,20);1H. The number of hydrogen-bond donors (Lipinski definition) is 2. The number of halogens is 1. The van der Waals surface area contributed by atoms with Crippen molar-refractivity contribution >= 4 is 18.3 Å². The van der Waals surface area contributed by atoms with Crippen LogP contribution in [0.15, 0.2) is 24.3 Å². The molecule has 4 nitrogen and oxygen atoms in total. The van der Waals surface area contributed by atoms with Gasteiger partial charge in [-0.3, -0.25) is 4.79 Å². The third-order valence-electron chi connectivity index (χ3n) is 4.53. The van der Waals surface area contributed by atoms with Crippen LogP contribution in [0.1, 0.15) is 43.7 Å². The molecule has 2 aliphatic rings. The molecule has 0 radical (unpaired) electrons. The zero-order chi connectivity index (χ0) is 14.5. The van der Waals surface area contributed by atoms with Gasteiger partial charge in [-0.15, -0.1) is 12.4 Å². The van der Waals surface area contributed by atoms with Crippen LogP contribution in [-0.2, 0) is 4.79 Å². The molecule has 3 rings (SSSR count). The van der Waals surface area contributed by atoms with E-state index in [1.165, 1.54) is 12.8 Å². The molecule has 2 aliphatic heterocycles. The maximum absolute atomic E-state index is 12.2. The molecule has 1 atom stereocenters. The Morgan fingerprint density at radius 2 is 2.00 bits per heavy atom. The first-order valence-corrected chi connectivity index (χ1v) is 8.05. The van der Waals surface area contributed by atoms with Crippen LogP contribution in [0, 0.1) is 5.92 Å². The number of ether oxygens (including phenoxy) is 1. The highest BCUT2D eigenvalue weighted by atomic mass is 35.5. The van der Waals surface area contributed by atoms with Crippen LogP contribution >= 0.6 is 12.4 Å². The summed E-state index contributed by atoms with van der Waals surface area (Å²) >= 11 is 0. The normalized spacial score (nSPS) is 21.2. The van der Waals surface area contributed by atoms with E-state index in [1.807, 2.05) is 24.3 Å². The van der Waals surface area contributed by atoms with Crippen LogP contribution < -0.4 is 15.4 Å². The molecule has 1 amide bonds. The molecule has 1 aromatic rings. The Morgan fingerprint density at radius 1 is 1.23 bits per heavy atom. The lowest BCUT2D eigenvalue weighted by atomic mass is 9.93. The monoisotopic (exact) mass is 324 g/mol. The number of fused-ring (bicyclic) bond motifs is 1. The van der Waals surface area contributed by atoms with E-state index in [0.717, 1.165) is 37.2 Å². The summed E-state index contributed by atoms with van der Waals surface area (Å²) < 4.78 is 5.63. The minimum atomic E-state index is 0. The zero-order valence-electron chi connectivity index (χ0n) is 12.8. The van der Waals surface area contributed by atoms with Crippen molar-refractivity contribution in [3.05, 3.63) is 29.8 Å². The van der Waals surface area contributed by atoms with Crippen molar-refractivity contribution in [2.24, 2.45) is 5.92 Å². The first kappa shape index (κ1) is 17.1. The maximum atomic E-state index is 12.2. The first-order chi connectivity index (χ1) is 10.3. The second kappa shape index (κ2) is 8.39. The zero-order valence-corrected chi connectivity index (χ0v) is 13.7. The Hall–Kier alpha value is -1.26. The number of carbonyl (C=O) groups excluding carboxylic acids is 1. The van der Waals surface area contributed by atoms with E-state index in [0.29, 0.717) is 18.9 Å². The molecular weight excluding hydrogens is 300 g/mol. The molecule has 0 aromatic heterocycles. The Morgan fingerprint density at radius 3 is 2.82 bits per heavy atom. The Labute approximate surface area is 138 Å². The van der Waals surface area contributed by atoms with E-state index < -0.39 is 0 Å². The van der Waals surface area contributed by atoms with Gasteiger partial charge in [0, 0.05) is 18.4 Å². The summed E-state index contributed by atoms with van der Waals surface area (Å²) in [6, 6.07) is 8.10. The molecule has 0 saturated carbocycles. The fraction of sp³-hybridized carbons (Fsp3) is 0.588. The number of benzene rings is 1. The molecular formula is C17H25ClN2O2. The summed E-state index contributed by atoms with van der Waals surface area (Å²) in [6.45, 7) is 2.87. The number of rotatable bonds is 4. The highest BCUT2D eigenvalue weighted by Crippen LogP contribution is 2.31. The lowest BCUT2D eigenvalue weighted by molar-refractivity contribution is -0.122. The predicted molar refractivity (Wildman–Crippen MR) is 89.5 cm³/mol. The van der Waals surface area contributed by atoms with Crippen LogP contribution in [0.5, 0.6) is 5.75 Å². The number of para-hydroxylation sites is 1. The Bertz CT molecular complexity index is 489. The van der Waals surface area contributed by atoms with Crippen LogP contribution in [0.2, 0.25) is 0 Å². The minimum absolute atomic E-state index is 0. The summed E-state index contributed by atoms with van der Waals surface area (Å²) in [6.07, 6.45) is 4.92. The van der Waals surface area contributed by atoms with Crippen LogP contribution in [0.25, 0.3) is 0 Å². The van der Waals surface area contributed by atoms with Crippen LogP contribution in [0.3, 0.4) is 0 Å². The summed E-state index contributed by atoms with van der Waals surface area (Å²) in [7, 11) is 0. The van der Waals surface area contributed by atoms with E-state index in [1.54, 1.807) is 0 Å². The van der Waals surface area contributed by atoms with E-state index in [9.17, 15) is 4.79 Å². The van der Waals surface area contributed by atoms with E-state index in [-0.39, 0.29) is 24.4 Å². The highest BCUT2D eigenvalue weighted by molar-refractivity contribution is 5.85. The molecule has 1 fully saturated rings. The number of carbonyl (C=O) groups is 1. The molecule has 0 bridgehead atoms. The summed E-state index contributed by atoms with van der Waals surface area (Å²) in [5, 5.41) is 6.54. The Balaban J connectivity index is 0.00000176. The van der Waals surface area contributed by atoms with Gasteiger partial charge in [0.05, 0.1) is 12.6 Å². The van der Waals surface area contributed by atoms with Gasteiger partial charge >= 0.3 is 0 Å². The summed E-state index contributed by atoms with van der Waals surface area (Å²) in [4.78, 5) is 12.2. The van der Waals surface area contributed by atoms with E-state index in [2.05, 4.69) is 10.6 Å². The second-order valence-electron chi connectivity index (χ2n) is 6.03. The fourth-order valence-electron chi connectivity index (χ4n) is 3.26. The first-order valence-electron chi connectivity index (χ1n) is 8.05. The summed E-state index contributed by atoms with van der Waals surface area (Å²) in [5.41, 5.74) is 1.11. The van der Waals surface area contributed by atoms with Crippen molar-refractivity contribution in [2.45, 2.75) is 38.1 Å². The molecule has 0 aliphatic carbocycles. The average Bonchev–Trinajstić information content (AvgIpc) is 2.54. The molecule has 5 heteroatoms. The van der Waals surface area contributed by atoms with Crippen molar-refractivity contribution in [1.82, 2.24) is 10.6 Å². The van der Waals surface area contributed by atoms with Crippen LogP contribution in [0.4, 0.5) is 0 Å². The van der Waals surface area contributed by atoms with E-state index in [4.69, 9.17) is 4.74 Å². The Kier molecular flexibility index (Phi) is 6.52. The van der Waals surface area contributed by atoms with Gasteiger partial charge in [-0.2, -0.15) is 0 Å². The number of amides is 1. The van der Waals surface area contributed by atoms with Gasteiger partial charge in [-0.25, -0.2) is 0 Å². The second-order valence-corrected chi connectivity index (χ2v) is 6.03. The SMILES string of the molecule is Cl.O=C(CCC1CCNCC1)NC1CCOc2ccccc21. The lowest BCUT2D eigenvalue weighted by Gasteiger charge is -2.27. The molecule has 2 heterocycles. The molecule has 0 spiro atoms. The third kappa shape index (κ3) is 4.37. The smallest absolute Gasteiger partial charge is 0.220 e. The van der Waals surface area contributed by atoms with Gasteiger partial charge in [0.15, 0.2) is 0 Å². The van der Waals surface area contributed by atoms with Gasteiger partial charge in [0.1, 0.15) is 5.75 Å². The average molecular weight is 325 g/mol. The van der Waals surface area contributed by atoms with Crippen molar-refractivity contribution < 1.29 is 9.53 Å². The third-order valence-corrected chi connectivity index (χ3v) is 4.53.